The molecule has 0 fully saturated rings. The molecule has 1 heterocycles. The van der Waals surface area contributed by atoms with Gasteiger partial charge in [0.05, 0.1) is 38.1 Å². The Kier molecular flexibility index (Phi) is 6.56. The van der Waals surface area contributed by atoms with Gasteiger partial charge in [0.2, 0.25) is 0 Å². The first-order chi connectivity index (χ1) is 15.8. The number of imidazole rings is 1. The molecular weight excluding hydrogens is 481 g/mol. The van der Waals surface area contributed by atoms with Crippen molar-refractivity contribution in [3.8, 4) is 22.6 Å². The predicted molar refractivity (Wildman–Crippen MR) is 132 cm³/mol. The lowest BCUT2D eigenvalue weighted by atomic mass is 10.1. The van der Waals surface area contributed by atoms with Crippen molar-refractivity contribution in [3.63, 3.8) is 0 Å². The highest BCUT2D eigenvalue weighted by Crippen LogP contribution is 2.31. The molecule has 0 spiro atoms. The summed E-state index contributed by atoms with van der Waals surface area (Å²) in [5, 5.41) is 3.29. The number of nitrogens with one attached hydrogen (secondary N) is 2. The Hall–Kier alpha value is -3.13. The summed E-state index contributed by atoms with van der Waals surface area (Å²) in [4.78, 5) is 20.5. The van der Waals surface area contributed by atoms with Crippen LogP contribution in [-0.4, -0.2) is 30.0 Å². The van der Waals surface area contributed by atoms with Crippen LogP contribution in [0.3, 0.4) is 0 Å². The molecule has 0 atom stereocenters. The van der Waals surface area contributed by atoms with Gasteiger partial charge in [0.15, 0.2) is 9.84 Å². The molecule has 4 rings (SSSR count). The predicted octanol–water partition coefficient (Wildman–Crippen LogP) is 6.10. The number of hydrogen-bond acceptors (Lipinski definition) is 4. The minimum Gasteiger partial charge on any atom is -0.338 e. The molecule has 0 aliphatic carbocycles. The Morgan fingerprint density at radius 3 is 2.45 bits per heavy atom. The monoisotopic (exact) mass is 499 g/mol. The third kappa shape index (κ3) is 4.95. The van der Waals surface area contributed by atoms with E-state index in [1.165, 1.54) is 18.2 Å². The molecule has 0 aliphatic heterocycles. The van der Waals surface area contributed by atoms with Crippen LogP contribution in [0, 0.1) is 0 Å². The van der Waals surface area contributed by atoms with Gasteiger partial charge in [-0.25, -0.2) is 13.4 Å². The molecule has 0 saturated carbocycles. The van der Waals surface area contributed by atoms with E-state index in [2.05, 4.69) is 15.3 Å². The molecular formula is C24H19Cl2N3O3S. The van der Waals surface area contributed by atoms with E-state index in [1.807, 2.05) is 30.3 Å². The maximum absolute atomic E-state index is 12.8. The molecule has 4 aromatic rings. The number of H-pyrrole nitrogens is 1. The number of benzene rings is 3. The largest absolute Gasteiger partial charge is 0.338 e. The molecule has 0 unspecified atom stereocenters. The van der Waals surface area contributed by atoms with E-state index in [0.29, 0.717) is 22.1 Å². The van der Waals surface area contributed by atoms with E-state index < -0.39 is 15.7 Å². The summed E-state index contributed by atoms with van der Waals surface area (Å²) in [6.07, 6.45) is 1.72. The second-order valence-corrected chi connectivity index (χ2v) is 10.3. The smallest absolute Gasteiger partial charge is 0.257 e. The van der Waals surface area contributed by atoms with Gasteiger partial charge < -0.3 is 10.3 Å². The Morgan fingerprint density at radius 2 is 1.76 bits per heavy atom. The number of anilines is 1. The SMILES string of the molecule is CCS(=O)(=O)c1ccc(C(=O)Nc2ccc(Cl)c(-c3ncc(-c4ccccc4)[nH]3)c2)c(Cl)c1. The van der Waals surface area contributed by atoms with Gasteiger partial charge in [-0.1, -0.05) is 60.5 Å². The first-order valence-corrected chi connectivity index (χ1v) is 12.4. The second kappa shape index (κ2) is 9.39. The highest BCUT2D eigenvalue weighted by Gasteiger charge is 2.18. The molecule has 3 aromatic carbocycles. The van der Waals surface area contributed by atoms with Gasteiger partial charge in [-0.15, -0.1) is 0 Å². The lowest BCUT2D eigenvalue weighted by molar-refractivity contribution is 0.102. The van der Waals surface area contributed by atoms with Gasteiger partial charge in [0.25, 0.3) is 5.91 Å². The minimum absolute atomic E-state index is 0.0507. The Bertz CT molecular complexity index is 1430. The van der Waals surface area contributed by atoms with Gasteiger partial charge in [-0.05, 0) is 42.0 Å². The molecule has 9 heteroatoms. The van der Waals surface area contributed by atoms with Crippen molar-refractivity contribution < 1.29 is 13.2 Å². The first kappa shape index (κ1) is 23.0. The van der Waals surface area contributed by atoms with E-state index in [9.17, 15) is 13.2 Å². The first-order valence-electron chi connectivity index (χ1n) is 10.0. The molecule has 0 bridgehead atoms. The van der Waals surface area contributed by atoms with Crippen molar-refractivity contribution in [2.24, 2.45) is 0 Å². The number of carbonyl (C=O) groups is 1. The van der Waals surface area contributed by atoms with Crippen molar-refractivity contribution in [1.29, 1.82) is 0 Å². The van der Waals surface area contributed by atoms with Crippen molar-refractivity contribution in [2.75, 3.05) is 11.1 Å². The van der Waals surface area contributed by atoms with Crippen LogP contribution in [0.1, 0.15) is 17.3 Å². The topological polar surface area (TPSA) is 91.9 Å². The Morgan fingerprint density at radius 1 is 1.00 bits per heavy atom. The van der Waals surface area contributed by atoms with Gasteiger partial charge in [0.1, 0.15) is 5.82 Å². The van der Waals surface area contributed by atoms with E-state index in [-0.39, 0.29) is 21.2 Å². The lowest BCUT2D eigenvalue weighted by Crippen LogP contribution is -2.13. The van der Waals surface area contributed by atoms with Crippen LogP contribution in [0.4, 0.5) is 5.69 Å². The van der Waals surface area contributed by atoms with Crippen LogP contribution in [0.5, 0.6) is 0 Å². The third-order valence-electron chi connectivity index (χ3n) is 5.06. The Labute approximate surface area is 201 Å². The fraction of sp³-hybridized carbons (Fsp3) is 0.0833. The highest BCUT2D eigenvalue weighted by molar-refractivity contribution is 7.91. The minimum atomic E-state index is -3.42. The zero-order valence-electron chi connectivity index (χ0n) is 17.5. The molecule has 1 aromatic heterocycles. The molecule has 0 radical (unpaired) electrons. The summed E-state index contributed by atoms with van der Waals surface area (Å²) < 4.78 is 24.1. The number of sulfone groups is 1. The third-order valence-corrected chi connectivity index (χ3v) is 7.44. The maximum Gasteiger partial charge on any atom is 0.257 e. The van der Waals surface area contributed by atoms with E-state index in [4.69, 9.17) is 23.2 Å². The molecule has 168 valence electrons. The summed E-state index contributed by atoms with van der Waals surface area (Å²) >= 11 is 12.6. The summed E-state index contributed by atoms with van der Waals surface area (Å²) in [5.41, 5.74) is 3.09. The van der Waals surface area contributed by atoms with Crippen LogP contribution in [0.15, 0.2) is 77.8 Å². The second-order valence-electron chi connectivity index (χ2n) is 7.21. The number of nitrogens with zero attached hydrogens (tertiary/aromatic N) is 1. The van der Waals surface area contributed by atoms with Gasteiger partial charge in [-0.2, -0.15) is 0 Å². The molecule has 6 nitrogen and oxygen atoms in total. The van der Waals surface area contributed by atoms with Crippen LogP contribution < -0.4 is 5.32 Å². The lowest BCUT2D eigenvalue weighted by Gasteiger charge is -2.10. The highest BCUT2D eigenvalue weighted by atomic mass is 35.5. The fourth-order valence-corrected chi connectivity index (χ4v) is 4.69. The van der Waals surface area contributed by atoms with Crippen LogP contribution in [0.2, 0.25) is 10.0 Å². The molecule has 0 saturated heterocycles. The number of aromatic amines is 1. The van der Waals surface area contributed by atoms with Crippen molar-refractivity contribution in [2.45, 2.75) is 11.8 Å². The van der Waals surface area contributed by atoms with E-state index >= 15 is 0 Å². The molecule has 33 heavy (non-hydrogen) atoms. The molecule has 2 N–H and O–H groups in total. The number of hydrogen-bond donors (Lipinski definition) is 2. The van der Waals surface area contributed by atoms with Gasteiger partial charge >= 0.3 is 0 Å². The van der Waals surface area contributed by atoms with Crippen molar-refractivity contribution >= 4 is 44.6 Å². The Balaban J connectivity index is 1.59. The van der Waals surface area contributed by atoms with Gasteiger partial charge in [0, 0.05) is 11.3 Å². The van der Waals surface area contributed by atoms with Crippen LogP contribution in [-0.2, 0) is 9.84 Å². The number of carbonyl (C=O) groups excluding carboxylic acids is 1. The summed E-state index contributed by atoms with van der Waals surface area (Å²) in [7, 11) is -3.42. The number of rotatable bonds is 6. The number of halogens is 2. The normalized spacial score (nSPS) is 11.4. The molecule has 1 amide bonds. The number of amides is 1. The fourth-order valence-electron chi connectivity index (χ4n) is 3.25. The van der Waals surface area contributed by atoms with Crippen LogP contribution >= 0.6 is 23.2 Å². The number of aromatic nitrogens is 2. The average Bonchev–Trinajstić information content (AvgIpc) is 3.31. The quantitative estimate of drug-likeness (QED) is 0.335. The van der Waals surface area contributed by atoms with E-state index in [1.54, 1.807) is 31.3 Å². The van der Waals surface area contributed by atoms with Crippen molar-refractivity contribution in [1.82, 2.24) is 9.97 Å². The molecule has 0 aliphatic rings. The van der Waals surface area contributed by atoms with Gasteiger partial charge in [-0.3, -0.25) is 4.79 Å². The zero-order chi connectivity index (χ0) is 23.6. The summed E-state index contributed by atoms with van der Waals surface area (Å²) in [6.45, 7) is 1.55. The average molecular weight is 500 g/mol. The standard InChI is InChI=1S/C24H19Cl2N3O3S/c1-2-33(31,32)17-9-10-18(21(26)13-17)24(30)28-16-8-11-20(25)19(12-16)23-27-14-22(29-23)15-6-4-3-5-7-15/h3-14H,2H2,1H3,(H,27,29)(H,28,30). The summed E-state index contributed by atoms with van der Waals surface area (Å²) in [5.74, 6) is 0.0292. The van der Waals surface area contributed by atoms with E-state index in [0.717, 1.165) is 11.3 Å². The van der Waals surface area contributed by atoms with Crippen molar-refractivity contribution in [3.05, 3.63) is 88.5 Å². The zero-order valence-corrected chi connectivity index (χ0v) is 19.8. The summed E-state index contributed by atoms with van der Waals surface area (Å²) in [6, 6.07) is 18.8. The maximum atomic E-state index is 12.8. The van der Waals surface area contributed by atoms with Crippen LogP contribution in [0.25, 0.3) is 22.6 Å².